The average Bonchev–Trinajstić information content (AvgIpc) is 2.37. The molecule has 17 heavy (non-hydrogen) atoms. The zero-order valence-electron chi connectivity index (χ0n) is 9.30. The van der Waals surface area contributed by atoms with Crippen LogP contribution in [-0.2, 0) is 11.3 Å². The van der Waals surface area contributed by atoms with Crippen molar-refractivity contribution in [2.75, 3.05) is 0 Å². The van der Waals surface area contributed by atoms with E-state index in [0.29, 0.717) is 0 Å². The molecule has 1 aromatic carbocycles. The summed E-state index contributed by atoms with van der Waals surface area (Å²) in [5, 5.41) is 19.5. The minimum Gasteiger partial charge on any atom is -0.445 e. The zero-order valence-corrected chi connectivity index (χ0v) is 9.30. The third kappa shape index (κ3) is 3.84. The fourth-order valence-corrected chi connectivity index (χ4v) is 1.04. The van der Waals surface area contributed by atoms with Crippen LogP contribution in [0.15, 0.2) is 30.3 Å². The van der Waals surface area contributed by atoms with Gasteiger partial charge in [0.1, 0.15) is 18.7 Å². The lowest BCUT2D eigenvalue weighted by atomic mass is 10.1. The number of ether oxygens (including phenoxy) is 1. The van der Waals surface area contributed by atoms with E-state index in [1.54, 1.807) is 24.3 Å². The van der Waals surface area contributed by atoms with E-state index in [1.165, 1.54) is 6.92 Å². The van der Waals surface area contributed by atoms with Gasteiger partial charge < -0.3 is 4.74 Å². The number of nitrogens with one attached hydrogen (secondary N) is 1. The van der Waals surface area contributed by atoms with Crippen molar-refractivity contribution in [3.8, 4) is 12.1 Å². The van der Waals surface area contributed by atoms with Crippen LogP contribution in [-0.4, -0.2) is 11.6 Å². The number of hydrogen-bond acceptors (Lipinski definition) is 4. The molecule has 0 aliphatic heterocycles. The van der Waals surface area contributed by atoms with Gasteiger partial charge in [-0.15, -0.1) is 0 Å². The van der Waals surface area contributed by atoms with Crippen LogP contribution >= 0.6 is 0 Å². The van der Waals surface area contributed by atoms with E-state index in [-0.39, 0.29) is 6.61 Å². The Kier molecular flexibility index (Phi) is 4.08. The molecule has 5 nitrogen and oxygen atoms in total. The molecule has 0 heterocycles. The lowest BCUT2D eigenvalue weighted by Crippen LogP contribution is -2.43. The molecule has 1 N–H and O–H groups in total. The number of carbonyl (C=O) groups is 1. The molecule has 0 radical (unpaired) electrons. The van der Waals surface area contributed by atoms with E-state index in [1.807, 2.05) is 18.2 Å². The van der Waals surface area contributed by atoms with E-state index >= 15 is 0 Å². The minimum atomic E-state index is -1.56. The predicted molar refractivity (Wildman–Crippen MR) is 59.4 cm³/mol. The van der Waals surface area contributed by atoms with Gasteiger partial charge in [0.05, 0.1) is 0 Å². The summed E-state index contributed by atoms with van der Waals surface area (Å²) in [6, 6.07) is 12.5. The summed E-state index contributed by atoms with van der Waals surface area (Å²) < 4.78 is 4.88. The smallest absolute Gasteiger partial charge is 0.409 e. The number of hydrogen-bond donors (Lipinski definition) is 1. The molecular weight excluding hydrogens is 218 g/mol. The lowest BCUT2D eigenvalue weighted by molar-refractivity contribution is 0.135. The molecule has 1 rings (SSSR count). The van der Waals surface area contributed by atoms with E-state index < -0.39 is 11.6 Å². The lowest BCUT2D eigenvalue weighted by Gasteiger charge is -2.14. The largest absolute Gasteiger partial charge is 0.445 e. The molecule has 0 aromatic heterocycles. The summed E-state index contributed by atoms with van der Waals surface area (Å²) in [4.78, 5) is 11.3. The maximum atomic E-state index is 11.3. The number of alkyl carbamates (subject to hydrolysis) is 1. The van der Waals surface area contributed by atoms with Crippen molar-refractivity contribution < 1.29 is 9.53 Å². The first-order valence-corrected chi connectivity index (χ1v) is 4.91. The molecule has 0 aliphatic rings. The number of carbonyl (C=O) groups excluding carboxylic acids is 1. The van der Waals surface area contributed by atoms with E-state index in [2.05, 4.69) is 5.32 Å². The van der Waals surface area contributed by atoms with Crippen molar-refractivity contribution in [3.63, 3.8) is 0 Å². The number of amides is 1. The molecular formula is C12H11N3O2. The van der Waals surface area contributed by atoms with Crippen molar-refractivity contribution in [1.29, 1.82) is 10.5 Å². The predicted octanol–water partition coefficient (Wildman–Crippen LogP) is 1.72. The second kappa shape index (κ2) is 5.53. The maximum Gasteiger partial charge on any atom is 0.409 e. The molecule has 0 atom stereocenters. The van der Waals surface area contributed by atoms with Gasteiger partial charge >= 0.3 is 6.09 Å². The second-order valence-corrected chi connectivity index (χ2v) is 3.54. The molecule has 0 saturated carbocycles. The average molecular weight is 229 g/mol. The van der Waals surface area contributed by atoms with E-state index in [9.17, 15) is 4.79 Å². The van der Waals surface area contributed by atoms with Gasteiger partial charge in [-0.1, -0.05) is 30.3 Å². The highest BCUT2D eigenvalue weighted by atomic mass is 16.5. The van der Waals surface area contributed by atoms with Gasteiger partial charge in [0, 0.05) is 0 Å². The molecule has 1 amide bonds. The van der Waals surface area contributed by atoms with Gasteiger partial charge in [-0.2, -0.15) is 10.5 Å². The normalized spacial score (nSPS) is 9.82. The van der Waals surface area contributed by atoms with Gasteiger partial charge in [-0.3, -0.25) is 5.32 Å². The van der Waals surface area contributed by atoms with Crippen LogP contribution in [0.5, 0.6) is 0 Å². The van der Waals surface area contributed by atoms with Crippen LogP contribution in [0.2, 0.25) is 0 Å². The van der Waals surface area contributed by atoms with Crippen molar-refractivity contribution >= 4 is 6.09 Å². The van der Waals surface area contributed by atoms with Crippen molar-refractivity contribution in [2.24, 2.45) is 0 Å². The highest BCUT2D eigenvalue weighted by Crippen LogP contribution is 2.03. The van der Waals surface area contributed by atoms with Crippen molar-refractivity contribution in [1.82, 2.24) is 5.32 Å². The summed E-state index contributed by atoms with van der Waals surface area (Å²) in [6.07, 6.45) is -0.792. The first-order valence-electron chi connectivity index (χ1n) is 4.91. The number of benzene rings is 1. The molecule has 0 saturated heterocycles. The fraction of sp³-hybridized carbons (Fsp3) is 0.250. The third-order valence-corrected chi connectivity index (χ3v) is 2.01. The molecule has 5 heteroatoms. The Balaban J connectivity index is 2.48. The maximum absolute atomic E-state index is 11.3. The zero-order chi connectivity index (χ0) is 12.7. The Morgan fingerprint density at radius 2 is 1.94 bits per heavy atom. The number of nitriles is 2. The Morgan fingerprint density at radius 3 is 2.47 bits per heavy atom. The minimum absolute atomic E-state index is 0.0968. The molecule has 1 aromatic rings. The molecule has 0 unspecified atom stereocenters. The summed E-state index contributed by atoms with van der Waals surface area (Å²) in [5.41, 5.74) is -0.730. The van der Waals surface area contributed by atoms with Crippen LogP contribution in [0, 0.1) is 22.7 Å². The molecule has 86 valence electrons. The SMILES string of the molecule is CC(C#N)(C#N)NC(=O)OCc1ccccc1. The third-order valence-electron chi connectivity index (χ3n) is 2.01. The number of nitrogens with zero attached hydrogens (tertiary/aromatic N) is 2. The number of rotatable bonds is 3. The summed E-state index contributed by atoms with van der Waals surface area (Å²) >= 11 is 0. The van der Waals surface area contributed by atoms with Gasteiger partial charge in [0.25, 0.3) is 0 Å². The fourth-order valence-electron chi connectivity index (χ4n) is 1.04. The molecule has 0 aliphatic carbocycles. The van der Waals surface area contributed by atoms with Crippen LogP contribution in [0.4, 0.5) is 4.79 Å². The van der Waals surface area contributed by atoms with Gasteiger partial charge in [-0.25, -0.2) is 4.79 Å². The topological polar surface area (TPSA) is 85.9 Å². The van der Waals surface area contributed by atoms with Gasteiger partial charge in [0.15, 0.2) is 0 Å². The molecule has 0 spiro atoms. The van der Waals surface area contributed by atoms with E-state index in [0.717, 1.165) is 5.56 Å². The Hall–Kier alpha value is -2.53. The standard InChI is InChI=1S/C12H11N3O2/c1-12(8-13,9-14)15-11(16)17-7-10-5-3-2-4-6-10/h2-6H,7H2,1H3,(H,15,16). The highest BCUT2D eigenvalue weighted by molar-refractivity contribution is 5.69. The monoisotopic (exact) mass is 229 g/mol. The molecule has 0 bridgehead atoms. The van der Waals surface area contributed by atoms with E-state index in [4.69, 9.17) is 15.3 Å². The van der Waals surface area contributed by atoms with Crippen molar-refractivity contribution in [2.45, 2.75) is 19.1 Å². The van der Waals surface area contributed by atoms with Crippen LogP contribution in [0.1, 0.15) is 12.5 Å². The second-order valence-electron chi connectivity index (χ2n) is 3.54. The Bertz CT molecular complexity index is 457. The Labute approximate surface area is 99.2 Å². The van der Waals surface area contributed by atoms with Crippen LogP contribution in [0.3, 0.4) is 0 Å². The first-order chi connectivity index (χ1) is 8.09. The molecule has 0 fully saturated rings. The summed E-state index contributed by atoms with van der Waals surface area (Å²) in [6.45, 7) is 1.40. The van der Waals surface area contributed by atoms with Gasteiger partial charge in [-0.05, 0) is 12.5 Å². The summed E-state index contributed by atoms with van der Waals surface area (Å²) in [5.74, 6) is 0. The quantitative estimate of drug-likeness (QED) is 0.854. The highest BCUT2D eigenvalue weighted by Gasteiger charge is 2.26. The Morgan fingerprint density at radius 1 is 1.35 bits per heavy atom. The first kappa shape index (κ1) is 12.5. The van der Waals surface area contributed by atoms with Crippen LogP contribution in [0.25, 0.3) is 0 Å². The van der Waals surface area contributed by atoms with Crippen molar-refractivity contribution in [3.05, 3.63) is 35.9 Å². The van der Waals surface area contributed by atoms with Crippen LogP contribution < -0.4 is 5.32 Å². The van der Waals surface area contributed by atoms with Gasteiger partial charge in [0.2, 0.25) is 5.54 Å². The summed E-state index contributed by atoms with van der Waals surface area (Å²) in [7, 11) is 0.